The molecule has 0 bridgehead atoms. The van der Waals surface area contributed by atoms with Crippen molar-refractivity contribution in [1.29, 1.82) is 0 Å². The smallest absolute Gasteiger partial charge is 0.0538 e. The lowest BCUT2D eigenvalue weighted by Gasteiger charge is -2.22. The number of nitrogens with one attached hydrogen (secondary N) is 1. The highest BCUT2D eigenvalue weighted by Gasteiger charge is 2.12. The molecule has 88 valence electrons. The van der Waals surface area contributed by atoms with Gasteiger partial charge in [-0.3, -0.25) is 4.98 Å². The Kier molecular flexibility index (Phi) is 4.60. The van der Waals surface area contributed by atoms with Gasteiger partial charge in [0.15, 0.2) is 0 Å². The lowest BCUT2D eigenvalue weighted by molar-refractivity contribution is 0.0649. The normalized spacial score (nSPS) is 17.3. The second-order valence-electron chi connectivity index (χ2n) is 4.16. The maximum atomic E-state index is 5.34. The number of hydrogen-bond acceptors (Lipinski definition) is 3. The van der Waals surface area contributed by atoms with E-state index in [2.05, 4.69) is 32.3 Å². The topological polar surface area (TPSA) is 34.2 Å². The van der Waals surface area contributed by atoms with Crippen LogP contribution in [0.1, 0.15) is 19.3 Å². The molecule has 1 aromatic rings. The number of ether oxygens (including phenoxy) is 1. The van der Waals surface area contributed by atoms with Gasteiger partial charge in [0.2, 0.25) is 0 Å². The lowest BCUT2D eigenvalue weighted by Crippen LogP contribution is -2.18. The van der Waals surface area contributed by atoms with Gasteiger partial charge < -0.3 is 10.1 Å². The van der Waals surface area contributed by atoms with Crippen molar-refractivity contribution < 1.29 is 4.74 Å². The van der Waals surface area contributed by atoms with Gasteiger partial charge in [-0.2, -0.15) is 0 Å². The van der Waals surface area contributed by atoms with Crippen LogP contribution in [0.3, 0.4) is 0 Å². The van der Waals surface area contributed by atoms with E-state index in [-0.39, 0.29) is 0 Å². The van der Waals surface area contributed by atoms with E-state index in [1.165, 1.54) is 19.3 Å². The number of rotatable bonds is 4. The molecule has 0 unspecified atom stereocenters. The Labute approximate surface area is 105 Å². The fourth-order valence-corrected chi connectivity index (χ4v) is 2.33. The van der Waals surface area contributed by atoms with E-state index in [1.807, 2.05) is 6.20 Å². The van der Waals surface area contributed by atoms with Crippen LogP contribution in [0.5, 0.6) is 0 Å². The SMILES string of the molecule is Brc1cncc(NCCC2CCOCC2)c1. The Morgan fingerprint density at radius 3 is 2.94 bits per heavy atom. The van der Waals surface area contributed by atoms with Crippen LogP contribution in [0.4, 0.5) is 5.69 Å². The van der Waals surface area contributed by atoms with E-state index < -0.39 is 0 Å². The van der Waals surface area contributed by atoms with Crippen molar-refractivity contribution in [1.82, 2.24) is 4.98 Å². The van der Waals surface area contributed by atoms with E-state index >= 15 is 0 Å². The Morgan fingerprint density at radius 1 is 1.38 bits per heavy atom. The predicted octanol–water partition coefficient (Wildman–Crippen LogP) is 3.07. The summed E-state index contributed by atoms with van der Waals surface area (Å²) >= 11 is 3.41. The molecule has 1 fully saturated rings. The molecule has 1 aromatic heterocycles. The molecule has 0 saturated carbocycles. The van der Waals surface area contributed by atoms with Gasteiger partial charge in [0.05, 0.1) is 11.9 Å². The van der Waals surface area contributed by atoms with Crippen LogP contribution in [-0.2, 0) is 4.74 Å². The number of halogens is 1. The van der Waals surface area contributed by atoms with Gasteiger partial charge in [0.25, 0.3) is 0 Å². The summed E-state index contributed by atoms with van der Waals surface area (Å²) in [5.74, 6) is 0.821. The molecule has 0 aliphatic carbocycles. The van der Waals surface area contributed by atoms with E-state index in [9.17, 15) is 0 Å². The van der Waals surface area contributed by atoms with E-state index in [0.717, 1.165) is 35.8 Å². The highest BCUT2D eigenvalue weighted by atomic mass is 79.9. The highest BCUT2D eigenvalue weighted by molar-refractivity contribution is 9.10. The summed E-state index contributed by atoms with van der Waals surface area (Å²) in [4.78, 5) is 4.12. The van der Waals surface area contributed by atoms with Gasteiger partial charge in [-0.25, -0.2) is 0 Å². The van der Waals surface area contributed by atoms with Gasteiger partial charge in [0, 0.05) is 30.4 Å². The molecule has 0 atom stereocenters. The molecule has 1 aliphatic rings. The maximum Gasteiger partial charge on any atom is 0.0538 e. The standard InChI is InChI=1S/C12H17BrN2O/c13-11-7-12(9-14-8-11)15-4-1-10-2-5-16-6-3-10/h7-10,15H,1-6H2. The van der Waals surface area contributed by atoms with Gasteiger partial charge in [0.1, 0.15) is 0 Å². The van der Waals surface area contributed by atoms with Crippen molar-refractivity contribution in [2.75, 3.05) is 25.1 Å². The molecule has 0 aromatic carbocycles. The molecular weight excluding hydrogens is 268 g/mol. The molecule has 1 N–H and O–H groups in total. The molecule has 2 heterocycles. The molecule has 0 spiro atoms. The molecule has 1 aliphatic heterocycles. The van der Waals surface area contributed by atoms with Gasteiger partial charge in [-0.1, -0.05) is 0 Å². The van der Waals surface area contributed by atoms with Crippen LogP contribution in [0.15, 0.2) is 22.9 Å². The fraction of sp³-hybridized carbons (Fsp3) is 0.583. The molecule has 3 nitrogen and oxygen atoms in total. The number of pyridine rings is 1. The van der Waals surface area contributed by atoms with Crippen LogP contribution >= 0.6 is 15.9 Å². The number of anilines is 1. The van der Waals surface area contributed by atoms with Crippen molar-refractivity contribution in [3.8, 4) is 0 Å². The number of hydrogen-bond donors (Lipinski definition) is 1. The summed E-state index contributed by atoms with van der Waals surface area (Å²) in [5, 5.41) is 3.40. The summed E-state index contributed by atoms with van der Waals surface area (Å²) in [7, 11) is 0. The average molecular weight is 285 g/mol. The molecule has 0 radical (unpaired) electrons. The zero-order valence-electron chi connectivity index (χ0n) is 9.29. The molecular formula is C12H17BrN2O. The molecule has 0 amide bonds. The summed E-state index contributed by atoms with van der Waals surface area (Å²) in [6.07, 6.45) is 7.28. The third-order valence-corrected chi connectivity index (χ3v) is 3.36. The molecule has 16 heavy (non-hydrogen) atoms. The first kappa shape index (κ1) is 11.9. The van der Waals surface area contributed by atoms with Crippen LogP contribution in [-0.4, -0.2) is 24.7 Å². The Morgan fingerprint density at radius 2 is 2.19 bits per heavy atom. The lowest BCUT2D eigenvalue weighted by atomic mass is 9.97. The van der Waals surface area contributed by atoms with Gasteiger partial charge in [-0.15, -0.1) is 0 Å². The largest absolute Gasteiger partial charge is 0.384 e. The van der Waals surface area contributed by atoms with Crippen molar-refractivity contribution in [3.05, 3.63) is 22.9 Å². The zero-order valence-corrected chi connectivity index (χ0v) is 10.9. The van der Waals surface area contributed by atoms with Crippen LogP contribution in [0, 0.1) is 5.92 Å². The molecule has 2 rings (SSSR count). The summed E-state index contributed by atoms with van der Waals surface area (Å²) in [5.41, 5.74) is 1.08. The quantitative estimate of drug-likeness (QED) is 0.923. The van der Waals surface area contributed by atoms with Crippen LogP contribution in [0.25, 0.3) is 0 Å². The monoisotopic (exact) mass is 284 g/mol. The molecule has 4 heteroatoms. The Hall–Kier alpha value is -0.610. The van der Waals surface area contributed by atoms with Gasteiger partial charge in [-0.05, 0) is 47.2 Å². The Balaban J connectivity index is 1.71. The first-order chi connectivity index (χ1) is 7.84. The first-order valence-electron chi connectivity index (χ1n) is 5.77. The van der Waals surface area contributed by atoms with Gasteiger partial charge >= 0.3 is 0 Å². The second-order valence-corrected chi connectivity index (χ2v) is 5.08. The number of nitrogens with zero attached hydrogens (tertiary/aromatic N) is 1. The minimum absolute atomic E-state index is 0.821. The highest BCUT2D eigenvalue weighted by Crippen LogP contribution is 2.19. The predicted molar refractivity (Wildman–Crippen MR) is 68.6 cm³/mol. The number of aromatic nitrogens is 1. The summed E-state index contributed by atoms with van der Waals surface area (Å²) in [6.45, 7) is 2.88. The Bertz CT molecular complexity index is 327. The van der Waals surface area contributed by atoms with Crippen molar-refractivity contribution >= 4 is 21.6 Å². The zero-order chi connectivity index (χ0) is 11.2. The fourth-order valence-electron chi connectivity index (χ4n) is 1.96. The van der Waals surface area contributed by atoms with E-state index in [1.54, 1.807) is 6.20 Å². The third kappa shape index (κ3) is 3.76. The average Bonchev–Trinajstić information content (AvgIpc) is 2.30. The molecule has 1 saturated heterocycles. The second kappa shape index (κ2) is 6.21. The van der Waals surface area contributed by atoms with E-state index in [0.29, 0.717) is 0 Å². The van der Waals surface area contributed by atoms with Crippen molar-refractivity contribution in [3.63, 3.8) is 0 Å². The maximum absolute atomic E-state index is 5.34. The first-order valence-corrected chi connectivity index (χ1v) is 6.56. The minimum atomic E-state index is 0.821. The van der Waals surface area contributed by atoms with Crippen LogP contribution in [0.2, 0.25) is 0 Å². The minimum Gasteiger partial charge on any atom is -0.384 e. The third-order valence-electron chi connectivity index (χ3n) is 2.93. The summed E-state index contributed by atoms with van der Waals surface area (Å²) < 4.78 is 6.36. The van der Waals surface area contributed by atoms with Crippen LogP contribution < -0.4 is 5.32 Å². The van der Waals surface area contributed by atoms with Crippen molar-refractivity contribution in [2.24, 2.45) is 5.92 Å². The summed E-state index contributed by atoms with van der Waals surface area (Å²) in [6, 6.07) is 2.05. The van der Waals surface area contributed by atoms with Crippen molar-refractivity contribution in [2.45, 2.75) is 19.3 Å². The van der Waals surface area contributed by atoms with E-state index in [4.69, 9.17) is 4.74 Å².